The SMILES string of the molecule is CCc1ccc(Nc2cnnc(Nc3c(Cl)cccc3Cl)n2)cc1. The fraction of sp³-hybridized carbons (Fsp3) is 0.118. The summed E-state index contributed by atoms with van der Waals surface area (Å²) in [5, 5.41) is 15.1. The molecule has 0 fully saturated rings. The Kier molecular flexibility index (Phi) is 5.13. The van der Waals surface area contributed by atoms with Crippen molar-refractivity contribution in [1.82, 2.24) is 15.2 Å². The molecule has 0 saturated carbocycles. The summed E-state index contributed by atoms with van der Waals surface area (Å²) < 4.78 is 0. The van der Waals surface area contributed by atoms with Gasteiger partial charge in [-0.2, -0.15) is 10.1 Å². The highest BCUT2D eigenvalue weighted by atomic mass is 35.5. The van der Waals surface area contributed by atoms with E-state index in [0.717, 1.165) is 12.1 Å². The molecule has 0 bridgehead atoms. The van der Waals surface area contributed by atoms with E-state index in [4.69, 9.17) is 23.2 Å². The van der Waals surface area contributed by atoms with Crippen LogP contribution in [0.25, 0.3) is 0 Å². The predicted octanol–water partition coefficient (Wildman–Crippen LogP) is 5.23. The van der Waals surface area contributed by atoms with Crippen molar-refractivity contribution in [3.8, 4) is 0 Å². The fourth-order valence-electron chi connectivity index (χ4n) is 2.12. The van der Waals surface area contributed by atoms with Crippen molar-refractivity contribution < 1.29 is 0 Å². The number of aromatic nitrogens is 3. The number of anilines is 4. The van der Waals surface area contributed by atoms with Crippen LogP contribution < -0.4 is 10.6 Å². The van der Waals surface area contributed by atoms with Gasteiger partial charge in [-0.1, -0.05) is 48.3 Å². The van der Waals surface area contributed by atoms with Gasteiger partial charge >= 0.3 is 0 Å². The number of rotatable bonds is 5. The first-order valence-electron chi connectivity index (χ1n) is 7.42. The smallest absolute Gasteiger partial charge is 0.249 e. The van der Waals surface area contributed by atoms with Gasteiger partial charge in [-0.15, -0.1) is 5.10 Å². The molecule has 0 unspecified atom stereocenters. The van der Waals surface area contributed by atoms with Gasteiger partial charge in [0.25, 0.3) is 0 Å². The summed E-state index contributed by atoms with van der Waals surface area (Å²) in [6, 6.07) is 13.4. The maximum Gasteiger partial charge on any atom is 0.249 e. The Morgan fingerprint density at radius 2 is 1.67 bits per heavy atom. The van der Waals surface area contributed by atoms with E-state index in [1.54, 1.807) is 24.4 Å². The van der Waals surface area contributed by atoms with Crippen LogP contribution in [-0.4, -0.2) is 15.2 Å². The Balaban J connectivity index is 1.78. The highest BCUT2D eigenvalue weighted by Crippen LogP contribution is 2.31. The lowest BCUT2D eigenvalue weighted by Gasteiger charge is -2.10. The zero-order chi connectivity index (χ0) is 16.9. The van der Waals surface area contributed by atoms with E-state index in [2.05, 4.69) is 44.9 Å². The number of halogens is 2. The number of aryl methyl sites for hydroxylation is 1. The number of hydrogen-bond acceptors (Lipinski definition) is 5. The molecular weight excluding hydrogens is 345 g/mol. The minimum atomic E-state index is 0.306. The second-order valence-electron chi connectivity index (χ2n) is 5.06. The molecule has 0 radical (unpaired) electrons. The molecule has 0 aliphatic carbocycles. The van der Waals surface area contributed by atoms with Crippen LogP contribution in [0, 0.1) is 0 Å². The maximum absolute atomic E-state index is 6.14. The summed E-state index contributed by atoms with van der Waals surface area (Å²) in [6.07, 6.45) is 2.55. The van der Waals surface area contributed by atoms with E-state index in [1.807, 2.05) is 12.1 Å². The summed E-state index contributed by atoms with van der Waals surface area (Å²) in [6.45, 7) is 2.12. The van der Waals surface area contributed by atoms with Crippen LogP contribution in [-0.2, 0) is 6.42 Å². The summed E-state index contributed by atoms with van der Waals surface area (Å²) >= 11 is 12.3. The third kappa shape index (κ3) is 3.93. The van der Waals surface area contributed by atoms with Crippen molar-refractivity contribution in [3.05, 3.63) is 64.3 Å². The van der Waals surface area contributed by atoms with Crippen LogP contribution in [0.4, 0.5) is 23.1 Å². The average Bonchev–Trinajstić information content (AvgIpc) is 2.59. The largest absolute Gasteiger partial charge is 0.339 e. The molecule has 122 valence electrons. The molecule has 1 aromatic heterocycles. The summed E-state index contributed by atoms with van der Waals surface area (Å²) in [7, 11) is 0. The molecule has 3 rings (SSSR count). The van der Waals surface area contributed by atoms with Crippen molar-refractivity contribution in [2.75, 3.05) is 10.6 Å². The van der Waals surface area contributed by atoms with E-state index in [9.17, 15) is 0 Å². The van der Waals surface area contributed by atoms with Gasteiger partial charge in [0.05, 0.1) is 21.9 Å². The van der Waals surface area contributed by atoms with Gasteiger partial charge < -0.3 is 10.6 Å². The fourth-order valence-corrected chi connectivity index (χ4v) is 2.61. The van der Waals surface area contributed by atoms with Crippen LogP contribution in [0.2, 0.25) is 10.0 Å². The molecule has 0 amide bonds. The van der Waals surface area contributed by atoms with Crippen LogP contribution in [0.3, 0.4) is 0 Å². The number of nitrogens with one attached hydrogen (secondary N) is 2. The molecule has 2 N–H and O–H groups in total. The minimum Gasteiger partial charge on any atom is -0.339 e. The molecule has 0 saturated heterocycles. The Bertz CT molecular complexity index is 816. The Hall–Kier alpha value is -2.37. The summed E-state index contributed by atoms with van der Waals surface area (Å²) in [5.74, 6) is 0.875. The number of nitrogens with zero attached hydrogens (tertiary/aromatic N) is 3. The predicted molar refractivity (Wildman–Crippen MR) is 98.7 cm³/mol. The van der Waals surface area contributed by atoms with Crippen molar-refractivity contribution in [2.45, 2.75) is 13.3 Å². The lowest BCUT2D eigenvalue weighted by Crippen LogP contribution is -2.03. The molecule has 3 aromatic rings. The number of para-hydroxylation sites is 1. The van der Waals surface area contributed by atoms with E-state index in [1.165, 1.54) is 5.56 Å². The Labute approximate surface area is 150 Å². The van der Waals surface area contributed by atoms with Gasteiger partial charge in [0.15, 0.2) is 5.82 Å². The van der Waals surface area contributed by atoms with Crippen LogP contribution in [0.5, 0.6) is 0 Å². The topological polar surface area (TPSA) is 62.7 Å². The quantitative estimate of drug-likeness (QED) is 0.653. The van der Waals surface area contributed by atoms with Crippen LogP contribution in [0.15, 0.2) is 48.7 Å². The van der Waals surface area contributed by atoms with Crippen LogP contribution >= 0.6 is 23.2 Å². The van der Waals surface area contributed by atoms with Crippen molar-refractivity contribution >= 4 is 46.3 Å². The first-order chi connectivity index (χ1) is 11.7. The molecule has 2 aromatic carbocycles. The molecule has 0 atom stereocenters. The van der Waals surface area contributed by atoms with Crippen molar-refractivity contribution in [3.63, 3.8) is 0 Å². The molecule has 7 heteroatoms. The Morgan fingerprint density at radius 1 is 0.958 bits per heavy atom. The lowest BCUT2D eigenvalue weighted by molar-refractivity contribution is 0.982. The van der Waals surface area contributed by atoms with E-state index in [0.29, 0.717) is 27.5 Å². The molecule has 0 spiro atoms. The van der Waals surface area contributed by atoms with Crippen molar-refractivity contribution in [2.24, 2.45) is 0 Å². The van der Waals surface area contributed by atoms with Gasteiger partial charge in [-0.05, 0) is 36.2 Å². The minimum absolute atomic E-state index is 0.306. The highest BCUT2D eigenvalue weighted by molar-refractivity contribution is 6.39. The van der Waals surface area contributed by atoms with Crippen LogP contribution in [0.1, 0.15) is 12.5 Å². The second kappa shape index (κ2) is 7.47. The monoisotopic (exact) mass is 359 g/mol. The van der Waals surface area contributed by atoms with Gasteiger partial charge in [0.1, 0.15) is 0 Å². The van der Waals surface area contributed by atoms with E-state index in [-0.39, 0.29) is 0 Å². The summed E-state index contributed by atoms with van der Waals surface area (Å²) in [4.78, 5) is 4.38. The molecule has 24 heavy (non-hydrogen) atoms. The van der Waals surface area contributed by atoms with Gasteiger partial charge in [-0.25, -0.2) is 0 Å². The molecule has 0 aliphatic heterocycles. The molecular formula is C17H15Cl2N5. The third-order valence-corrected chi connectivity index (χ3v) is 4.02. The van der Waals surface area contributed by atoms with E-state index >= 15 is 0 Å². The standard InChI is InChI=1S/C17H15Cl2N5/c1-2-11-6-8-12(9-7-11)21-15-10-20-24-17(22-15)23-16-13(18)4-3-5-14(16)19/h3-10H,2H2,1H3,(H2,21,22,23,24). The van der Waals surface area contributed by atoms with Crippen molar-refractivity contribution in [1.29, 1.82) is 0 Å². The first kappa shape index (κ1) is 16.5. The Morgan fingerprint density at radius 3 is 2.33 bits per heavy atom. The first-order valence-corrected chi connectivity index (χ1v) is 8.18. The zero-order valence-electron chi connectivity index (χ0n) is 12.9. The number of hydrogen-bond donors (Lipinski definition) is 2. The second-order valence-corrected chi connectivity index (χ2v) is 5.88. The number of benzene rings is 2. The van der Waals surface area contributed by atoms with E-state index < -0.39 is 0 Å². The van der Waals surface area contributed by atoms with Gasteiger partial charge in [-0.3, -0.25) is 0 Å². The highest BCUT2D eigenvalue weighted by Gasteiger charge is 2.08. The molecule has 0 aliphatic rings. The lowest BCUT2D eigenvalue weighted by atomic mass is 10.1. The molecule has 5 nitrogen and oxygen atoms in total. The normalized spacial score (nSPS) is 10.5. The van der Waals surface area contributed by atoms with Gasteiger partial charge in [0.2, 0.25) is 5.95 Å². The average molecular weight is 360 g/mol. The molecule has 1 heterocycles. The maximum atomic E-state index is 6.14. The van der Waals surface area contributed by atoms with Gasteiger partial charge in [0, 0.05) is 5.69 Å². The third-order valence-electron chi connectivity index (χ3n) is 3.39. The summed E-state index contributed by atoms with van der Waals surface area (Å²) in [5.41, 5.74) is 2.75. The zero-order valence-corrected chi connectivity index (χ0v) is 14.4.